The van der Waals surface area contributed by atoms with Gasteiger partial charge in [-0.1, -0.05) is 6.07 Å². The number of carbonyl (C=O) groups is 1. The minimum Gasteiger partial charge on any atom is -0.368 e. The lowest BCUT2D eigenvalue weighted by Crippen LogP contribution is -2.61. The predicted molar refractivity (Wildman–Crippen MR) is 129 cm³/mol. The van der Waals surface area contributed by atoms with E-state index in [9.17, 15) is 28.1 Å². The summed E-state index contributed by atoms with van der Waals surface area (Å²) in [5.41, 5.74) is 1.59. The van der Waals surface area contributed by atoms with E-state index in [0.29, 0.717) is 38.3 Å². The van der Waals surface area contributed by atoms with Gasteiger partial charge in [0.25, 0.3) is 5.69 Å². The van der Waals surface area contributed by atoms with E-state index in [-0.39, 0.29) is 23.6 Å². The van der Waals surface area contributed by atoms with Crippen molar-refractivity contribution in [2.75, 3.05) is 62.7 Å². The molecule has 3 heterocycles. The molecular weight excluding hydrogens is 475 g/mol. The average molecular weight is 504 g/mol. The zero-order chi connectivity index (χ0) is 25.6. The standard InChI is InChI=1S/C25H28F3N5O3/c1-29-7-12-32-22-6-5-20(33(35)36)13-17(22)14-21(23(32)16-29)24(34)31-10-8-30(9-11-31)19-4-2-3-18(15-19)25(26,27)28/h2-6,13,15,21,23H,7-12,14,16H2,1H3/t21-,23-/m0/s1. The Balaban J connectivity index is 1.33. The highest BCUT2D eigenvalue weighted by Gasteiger charge is 2.43. The van der Waals surface area contributed by atoms with E-state index in [2.05, 4.69) is 9.80 Å². The summed E-state index contributed by atoms with van der Waals surface area (Å²) in [4.78, 5) is 32.8. The molecule has 1 amide bonds. The van der Waals surface area contributed by atoms with Gasteiger partial charge in [0.2, 0.25) is 5.91 Å². The maximum atomic E-state index is 13.8. The van der Waals surface area contributed by atoms with Crippen molar-refractivity contribution in [1.82, 2.24) is 9.80 Å². The fourth-order valence-corrected chi connectivity index (χ4v) is 5.65. The third kappa shape index (κ3) is 4.59. The molecular formula is C25H28F3N5O3. The number of nitro groups is 1. The number of nitro benzene ring substituents is 1. The van der Waals surface area contributed by atoms with E-state index in [0.717, 1.165) is 43.0 Å². The number of alkyl halides is 3. The van der Waals surface area contributed by atoms with Crippen LogP contribution in [0, 0.1) is 16.0 Å². The predicted octanol–water partition coefficient (Wildman–Crippen LogP) is 3.26. The van der Waals surface area contributed by atoms with Crippen LogP contribution in [0.4, 0.5) is 30.2 Å². The summed E-state index contributed by atoms with van der Waals surface area (Å²) in [5.74, 6) is -0.344. The molecule has 0 saturated carbocycles. The number of hydrogen-bond acceptors (Lipinski definition) is 6. The molecule has 36 heavy (non-hydrogen) atoms. The maximum absolute atomic E-state index is 13.8. The van der Waals surface area contributed by atoms with Crippen LogP contribution in [0.15, 0.2) is 42.5 Å². The van der Waals surface area contributed by atoms with Crippen molar-refractivity contribution < 1.29 is 22.9 Å². The van der Waals surface area contributed by atoms with Gasteiger partial charge >= 0.3 is 6.18 Å². The van der Waals surface area contributed by atoms with E-state index in [1.54, 1.807) is 23.1 Å². The normalized spacial score (nSPS) is 22.7. The molecule has 0 bridgehead atoms. The van der Waals surface area contributed by atoms with Crippen molar-refractivity contribution in [3.05, 3.63) is 63.7 Å². The average Bonchev–Trinajstić information content (AvgIpc) is 2.87. The number of nitrogens with zero attached hydrogens (tertiary/aromatic N) is 5. The van der Waals surface area contributed by atoms with Gasteiger partial charge in [-0.25, -0.2) is 0 Å². The van der Waals surface area contributed by atoms with Gasteiger partial charge in [-0.2, -0.15) is 13.2 Å². The number of carbonyl (C=O) groups excluding carboxylic acids is 1. The zero-order valence-corrected chi connectivity index (χ0v) is 19.9. The van der Waals surface area contributed by atoms with Crippen LogP contribution < -0.4 is 9.80 Å². The second-order valence-electron chi connectivity index (χ2n) is 9.76. The van der Waals surface area contributed by atoms with Crippen molar-refractivity contribution in [2.45, 2.75) is 18.6 Å². The molecule has 192 valence electrons. The van der Waals surface area contributed by atoms with Crippen LogP contribution in [0.25, 0.3) is 0 Å². The summed E-state index contributed by atoms with van der Waals surface area (Å²) in [6, 6.07) is 10.1. The lowest BCUT2D eigenvalue weighted by molar-refractivity contribution is -0.384. The molecule has 2 fully saturated rings. The third-order valence-corrected chi connectivity index (χ3v) is 7.56. The molecule has 0 unspecified atom stereocenters. The van der Waals surface area contributed by atoms with Crippen molar-refractivity contribution >= 4 is 23.0 Å². The Hall–Kier alpha value is -3.34. The molecule has 3 aliphatic heterocycles. The van der Waals surface area contributed by atoms with E-state index in [4.69, 9.17) is 0 Å². The highest BCUT2D eigenvalue weighted by molar-refractivity contribution is 5.83. The Labute approximate surface area is 207 Å². The molecule has 3 aliphatic rings. The Bertz CT molecular complexity index is 1170. The van der Waals surface area contributed by atoms with Crippen molar-refractivity contribution in [1.29, 1.82) is 0 Å². The monoisotopic (exact) mass is 503 g/mol. The van der Waals surface area contributed by atoms with Gasteiger partial charge in [-0.3, -0.25) is 14.9 Å². The van der Waals surface area contributed by atoms with Crippen LogP contribution in [0.1, 0.15) is 11.1 Å². The number of amides is 1. The molecule has 2 aromatic carbocycles. The molecule has 0 spiro atoms. The van der Waals surface area contributed by atoms with Crippen LogP contribution in [0.2, 0.25) is 0 Å². The molecule has 0 aliphatic carbocycles. The summed E-state index contributed by atoms with van der Waals surface area (Å²) in [6.45, 7) is 4.00. The second-order valence-corrected chi connectivity index (χ2v) is 9.76. The number of piperazine rings is 2. The number of hydrogen-bond donors (Lipinski definition) is 0. The minimum absolute atomic E-state index is 0.00106. The van der Waals surface area contributed by atoms with E-state index >= 15 is 0 Å². The quantitative estimate of drug-likeness (QED) is 0.473. The number of non-ortho nitro benzene ring substituents is 1. The summed E-state index contributed by atoms with van der Waals surface area (Å²) in [6.07, 6.45) is -3.97. The van der Waals surface area contributed by atoms with Gasteiger partial charge in [0, 0.05) is 69.3 Å². The van der Waals surface area contributed by atoms with Crippen molar-refractivity contribution in [2.24, 2.45) is 5.92 Å². The molecule has 2 atom stereocenters. The van der Waals surface area contributed by atoms with Gasteiger partial charge < -0.3 is 19.6 Å². The lowest BCUT2D eigenvalue weighted by atomic mass is 9.82. The Morgan fingerprint density at radius 2 is 1.78 bits per heavy atom. The van der Waals surface area contributed by atoms with Crippen LogP contribution in [0.5, 0.6) is 0 Å². The molecule has 8 nitrogen and oxygen atoms in total. The van der Waals surface area contributed by atoms with Crippen LogP contribution >= 0.6 is 0 Å². The highest BCUT2D eigenvalue weighted by Crippen LogP contribution is 2.38. The fourth-order valence-electron chi connectivity index (χ4n) is 5.65. The number of likely N-dealkylation sites (N-methyl/N-ethyl adjacent to an activating group) is 1. The second kappa shape index (κ2) is 9.27. The number of benzene rings is 2. The molecule has 2 saturated heterocycles. The number of rotatable bonds is 3. The summed E-state index contributed by atoms with van der Waals surface area (Å²) >= 11 is 0. The number of fused-ring (bicyclic) bond motifs is 3. The zero-order valence-electron chi connectivity index (χ0n) is 19.9. The summed E-state index contributed by atoms with van der Waals surface area (Å²) in [7, 11) is 2.03. The Kier molecular flexibility index (Phi) is 6.27. The smallest absolute Gasteiger partial charge is 0.368 e. The highest BCUT2D eigenvalue weighted by atomic mass is 19.4. The van der Waals surface area contributed by atoms with E-state index < -0.39 is 16.7 Å². The van der Waals surface area contributed by atoms with E-state index in [1.807, 2.05) is 11.9 Å². The minimum atomic E-state index is -4.40. The first-order valence-corrected chi connectivity index (χ1v) is 12.1. The largest absolute Gasteiger partial charge is 0.416 e. The fraction of sp³-hybridized carbons (Fsp3) is 0.480. The molecule has 5 rings (SSSR count). The Morgan fingerprint density at radius 1 is 1.03 bits per heavy atom. The molecule has 0 N–H and O–H groups in total. The third-order valence-electron chi connectivity index (χ3n) is 7.56. The number of halogens is 3. The first-order valence-electron chi connectivity index (χ1n) is 12.1. The van der Waals surface area contributed by atoms with Crippen LogP contribution in [-0.4, -0.2) is 79.5 Å². The first kappa shape index (κ1) is 24.4. The van der Waals surface area contributed by atoms with Crippen molar-refractivity contribution in [3.63, 3.8) is 0 Å². The molecule has 11 heteroatoms. The van der Waals surface area contributed by atoms with Gasteiger partial charge in [-0.05, 0) is 43.3 Å². The topological polar surface area (TPSA) is 73.2 Å². The maximum Gasteiger partial charge on any atom is 0.416 e. The Morgan fingerprint density at radius 3 is 2.47 bits per heavy atom. The lowest BCUT2D eigenvalue weighted by Gasteiger charge is -2.49. The van der Waals surface area contributed by atoms with Gasteiger partial charge in [-0.15, -0.1) is 0 Å². The SMILES string of the molecule is CN1CCN2c3ccc([N+](=O)[O-])cc3C[C@H](C(=O)N3CCN(c4cccc(C(F)(F)F)c4)CC3)[C@@H]2C1. The summed E-state index contributed by atoms with van der Waals surface area (Å²) < 4.78 is 39.4. The van der Waals surface area contributed by atoms with Gasteiger partial charge in [0.1, 0.15) is 0 Å². The summed E-state index contributed by atoms with van der Waals surface area (Å²) in [5, 5.41) is 11.3. The van der Waals surface area contributed by atoms with Crippen molar-refractivity contribution in [3.8, 4) is 0 Å². The molecule has 2 aromatic rings. The van der Waals surface area contributed by atoms with Crippen LogP contribution in [0.3, 0.4) is 0 Å². The van der Waals surface area contributed by atoms with E-state index in [1.165, 1.54) is 12.1 Å². The van der Waals surface area contributed by atoms with Gasteiger partial charge in [0.05, 0.1) is 22.4 Å². The first-order chi connectivity index (χ1) is 17.1. The number of anilines is 2. The molecule has 0 radical (unpaired) electrons. The van der Waals surface area contributed by atoms with Gasteiger partial charge in [0.15, 0.2) is 0 Å². The molecule has 0 aromatic heterocycles. The van der Waals surface area contributed by atoms with Crippen LogP contribution in [-0.2, 0) is 17.4 Å².